The summed E-state index contributed by atoms with van der Waals surface area (Å²) < 4.78 is 14.0. The normalized spacial score (nSPS) is 11.9. The predicted octanol–water partition coefficient (Wildman–Crippen LogP) is 2.52. The highest BCUT2D eigenvalue weighted by molar-refractivity contribution is 9.10. The summed E-state index contributed by atoms with van der Waals surface area (Å²) in [7, 11) is 0. The van der Waals surface area contributed by atoms with Crippen LogP contribution < -0.4 is 5.32 Å². The lowest BCUT2D eigenvalue weighted by atomic mass is 10.1. The highest BCUT2D eigenvalue weighted by Crippen LogP contribution is 2.16. The molecule has 1 aromatic rings. The molecule has 1 atom stereocenters. The smallest absolute Gasteiger partial charge is 0.326 e. The minimum Gasteiger partial charge on any atom is -0.480 e. The minimum atomic E-state index is -1.13. The Hall–Kier alpha value is -1.08. The Morgan fingerprint density at radius 3 is 2.79 bits per heavy atom. The van der Waals surface area contributed by atoms with Gasteiger partial charge in [-0.2, -0.15) is 11.8 Å². The number of halogens is 2. The third kappa shape index (κ3) is 4.83. The van der Waals surface area contributed by atoms with Crippen molar-refractivity contribution < 1.29 is 19.1 Å². The molecule has 7 heteroatoms. The SMILES string of the molecule is CSCCC(NC(=O)c1cc(Br)ccc1F)C(=O)O. The number of amides is 1. The van der Waals surface area contributed by atoms with Crippen molar-refractivity contribution in [2.75, 3.05) is 12.0 Å². The number of thioether (sulfide) groups is 1. The van der Waals surface area contributed by atoms with E-state index in [0.29, 0.717) is 10.2 Å². The Morgan fingerprint density at radius 2 is 2.21 bits per heavy atom. The second kappa shape index (κ2) is 7.49. The number of hydrogen-bond acceptors (Lipinski definition) is 3. The van der Waals surface area contributed by atoms with Gasteiger partial charge in [0.05, 0.1) is 5.56 Å². The number of nitrogens with one attached hydrogen (secondary N) is 1. The van der Waals surface area contributed by atoms with Gasteiger partial charge in [0.2, 0.25) is 0 Å². The Labute approximate surface area is 122 Å². The first-order valence-electron chi connectivity index (χ1n) is 5.43. The monoisotopic (exact) mass is 349 g/mol. The molecule has 1 unspecified atom stereocenters. The quantitative estimate of drug-likeness (QED) is 0.828. The molecule has 0 aromatic heterocycles. The third-order valence-corrected chi connectivity index (χ3v) is 3.52. The van der Waals surface area contributed by atoms with Crippen molar-refractivity contribution in [3.63, 3.8) is 0 Å². The number of rotatable bonds is 6. The number of carboxylic acid groups (broad SMARTS) is 1. The molecule has 0 aliphatic heterocycles. The van der Waals surface area contributed by atoms with Crippen molar-refractivity contribution in [1.82, 2.24) is 5.32 Å². The average Bonchev–Trinajstić information content (AvgIpc) is 2.36. The number of aliphatic carboxylic acids is 1. The van der Waals surface area contributed by atoms with Gasteiger partial charge in [0, 0.05) is 4.47 Å². The molecule has 2 N–H and O–H groups in total. The summed E-state index contributed by atoms with van der Waals surface area (Å²) in [6.07, 6.45) is 2.13. The molecule has 1 rings (SSSR count). The summed E-state index contributed by atoms with van der Waals surface area (Å²) in [5.41, 5.74) is -0.176. The third-order valence-electron chi connectivity index (χ3n) is 2.39. The molecular formula is C12H13BrFNO3S. The van der Waals surface area contributed by atoms with Gasteiger partial charge in [-0.05, 0) is 36.6 Å². The van der Waals surface area contributed by atoms with Crippen LogP contribution in [0.2, 0.25) is 0 Å². The lowest BCUT2D eigenvalue weighted by molar-refractivity contribution is -0.139. The topological polar surface area (TPSA) is 66.4 Å². The van der Waals surface area contributed by atoms with Crippen LogP contribution in [0, 0.1) is 5.82 Å². The van der Waals surface area contributed by atoms with Gasteiger partial charge in [-0.15, -0.1) is 0 Å². The Kier molecular flexibility index (Phi) is 6.30. The Balaban J connectivity index is 2.81. The Morgan fingerprint density at radius 1 is 1.53 bits per heavy atom. The van der Waals surface area contributed by atoms with Crippen LogP contribution in [0.4, 0.5) is 4.39 Å². The van der Waals surface area contributed by atoms with E-state index in [1.54, 1.807) is 0 Å². The highest BCUT2D eigenvalue weighted by atomic mass is 79.9. The van der Waals surface area contributed by atoms with E-state index in [1.165, 1.54) is 23.9 Å². The maximum absolute atomic E-state index is 13.5. The number of hydrogen-bond donors (Lipinski definition) is 2. The second-order valence-corrected chi connectivity index (χ2v) is 5.67. The molecule has 0 radical (unpaired) electrons. The van der Waals surface area contributed by atoms with Crippen LogP contribution in [-0.4, -0.2) is 35.0 Å². The molecule has 0 bridgehead atoms. The molecule has 0 fully saturated rings. The van der Waals surface area contributed by atoms with E-state index < -0.39 is 23.7 Å². The van der Waals surface area contributed by atoms with Crippen molar-refractivity contribution in [3.05, 3.63) is 34.1 Å². The van der Waals surface area contributed by atoms with Gasteiger partial charge in [-0.25, -0.2) is 9.18 Å². The maximum Gasteiger partial charge on any atom is 0.326 e. The largest absolute Gasteiger partial charge is 0.480 e. The van der Waals surface area contributed by atoms with Crippen LogP contribution in [0.3, 0.4) is 0 Å². The summed E-state index contributed by atoms with van der Waals surface area (Å²) >= 11 is 4.62. The summed E-state index contributed by atoms with van der Waals surface area (Å²) in [6.45, 7) is 0. The van der Waals surface area contributed by atoms with Crippen LogP contribution in [0.1, 0.15) is 16.8 Å². The van der Waals surface area contributed by atoms with Gasteiger partial charge in [-0.1, -0.05) is 15.9 Å². The van der Waals surface area contributed by atoms with Crippen LogP contribution in [0.5, 0.6) is 0 Å². The van der Waals surface area contributed by atoms with Crippen LogP contribution in [0.25, 0.3) is 0 Å². The fourth-order valence-electron chi connectivity index (χ4n) is 1.40. The predicted molar refractivity (Wildman–Crippen MR) is 76.0 cm³/mol. The molecule has 0 aliphatic carbocycles. The zero-order valence-electron chi connectivity index (χ0n) is 10.2. The fraction of sp³-hybridized carbons (Fsp3) is 0.333. The summed E-state index contributed by atoms with van der Waals surface area (Å²) in [4.78, 5) is 22.9. The zero-order chi connectivity index (χ0) is 14.4. The molecule has 4 nitrogen and oxygen atoms in total. The molecule has 1 aromatic carbocycles. The number of carbonyl (C=O) groups excluding carboxylic acids is 1. The molecule has 1 amide bonds. The summed E-state index contributed by atoms with van der Waals surface area (Å²) in [6, 6.07) is 2.92. The lowest BCUT2D eigenvalue weighted by Crippen LogP contribution is -2.41. The first kappa shape index (κ1) is 16.0. The molecule has 0 spiro atoms. The van der Waals surface area contributed by atoms with Crippen LogP contribution in [-0.2, 0) is 4.79 Å². The van der Waals surface area contributed by atoms with Gasteiger partial charge in [0.1, 0.15) is 11.9 Å². The van der Waals surface area contributed by atoms with Crippen molar-refractivity contribution in [1.29, 1.82) is 0 Å². The average molecular weight is 350 g/mol. The first-order valence-corrected chi connectivity index (χ1v) is 7.62. The van der Waals surface area contributed by atoms with Crippen molar-refractivity contribution in [3.8, 4) is 0 Å². The van der Waals surface area contributed by atoms with E-state index in [0.717, 1.165) is 6.07 Å². The zero-order valence-corrected chi connectivity index (χ0v) is 12.6. The Bertz CT molecular complexity index is 484. The molecule has 0 saturated carbocycles. The van der Waals surface area contributed by atoms with E-state index in [4.69, 9.17) is 5.11 Å². The van der Waals surface area contributed by atoms with Gasteiger partial charge in [-0.3, -0.25) is 4.79 Å². The summed E-state index contributed by atoms with van der Waals surface area (Å²) in [5, 5.41) is 11.3. The van der Waals surface area contributed by atoms with Crippen molar-refractivity contribution >= 4 is 39.6 Å². The molecule has 0 saturated heterocycles. The second-order valence-electron chi connectivity index (χ2n) is 3.77. The van der Waals surface area contributed by atoms with Crippen molar-refractivity contribution in [2.24, 2.45) is 0 Å². The van der Waals surface area contributed by atoms with Crippen molar-refractivity contribution in [2.45, 2.75) is 12.5 Å². The summed E-state index contributed by atoms with van der Waals surface area (Å²) in [5.74, 6) is -1.95. The maximum atomic E-state index is 13.5. The minimum absolute atomic E-state index is 0.176. The van der Waals surface area contributed by atoms with Crippen LogP contribution in [0.15, 0.2) is 22.7 Å². The fourth-order valence-corrected chi connectivity index (χ4v) is 2.23. The van der Waals surface area contributed by atoms with E-state index in [-0.39, 0.29) is 12.0 Å². The van der Waals surface area contributed by atoms with E-state index in [2.05, 4.69) is 21.2 Å². The number of benzene rings is 1. The van der Waals surface area contributed by atoms with Crippen LogP contribution >= 0.6 is 27.7 Å². The van der Waals surface area contributed by atoms with Gasteiger partial charge >= 0.3 is 5.97 Å². The van der Waals surface area contributed by atoms with E-state index >= 15 is 0 Å². The standard InChI is InChI=1S/C12H13BrFNO3S/c1-19-5-4-10(12(17)18)15-11(16)8-6-7(13)2-3-9(8)14/h2-3,6,10H,4-5H2,1H3,(H,15,16)(H,17,18). The van der Waals surface area contributed by atoms with Gasteiger partial charge in [0.25, 0.3) is 5.91 Å². The first-order chi connectivity index (χ1) is 8.95. The van der Waals surface area contributed by atoms with E-state index in [1.807, 2.05) is 6.26 Å². The van der Waals surface area contributed by atoms with Gasteiger partial charge in [0.15, 0.2) is 0 Å². The number of carboxylic acids is 1. The molecular weight excluding hydrogens is 337 g/mol. The lowest BCUT2D eigenvalue weighted by Gasteiger charge is -2.14. The molecule has 19 heavy (non-hydrogen) atoms. The number of carbonyl (C=O) groups is 2. The van der Waals surface area contributed by atoms with Gasteiger partial charge < -0.3 is 10.4 Å². The highest BCUT2D eigenvalue weighted by Gasteiger charge is 2.21. The van der Waals surface area contributed by atoms with E-state index in [9.17, 15) is 14.0 Å². The molecule has 0 aliphatic rings. The molecule has 0 heterocycles. The molecule has 104 valence electrons.